The number of anilines is 2. The molecule has 0 bridgehead atoms. The highest BCUT2D eigenvalue weighted by molar-refractivity contribution is 5.95. The Balaban J connectivity index is 1.62. The molecule has 5 heteroatoms. The maximum Gasteiger partial charge on any atom is 0.279 e. The van der Waals surface area contributed by atoms with Crippen LogP contribution in [0, 0.1) is 0 Å². The number of hydrogen-bond acceptors (Lipinski definition) is 3. The molecule has 1 aromatic carbocycles. The van der Waals surface area contributed by atoms with Crippen molar-refractivity contribution in [3.63, 3.8) is 0 Å². The quantitative estimate of drug-likeness (QED) is 0.853. The van der Waals surface area contributed by atoms with Gasteiger partial charge in [-0.3, -0.25) is 4.79 Å². The second-order valence-electron chi connectivity index (χ2n) is 6.15. The van der Waals surface area contributed by atoms with Gasteiger partial charge in [0.15, 0.2) is 6.54 Å². The van der Waals surface area contributed by atoms with Gasteiger partial charge >= 0.3 is 0 Å². The number of quaternary nitrogens is 1. The van der Waals surface area contributed by atoms with Crippen LogP contribution in [0.25, 0.3) is 0 Å². The third-order valence-electron chi connectivity index (χ3n) is 4.50. The Kier molecular flexibility index (Phi) is 5.29. The summed E-state index contributed by atoms with van der Waals surface area (Å²) in [4.78, 5) is 16.0. The van der Waals surface area contributed by atoms with Crippen molar-refractivity contribution in [1.82, 2.24) is 0 Å². The fourth-order valence-electron chi connectivity index (χ4n) is 3.31. The van der Waals surface area contributed by atoms with E-state index in [1.165, 1.54) is 24.2 Å². The van der Waals surface area contributed by atoms with Gasteiger partial charge in [-0.2, -0.15) is 0 Å². The number of carbonyl (C=O) groups excluding carboxylic acids is 1. The van der Waals surface area contributed by atoms with E-state index in [9.17, 15) is 4.79 Å². The minimum Gasteiger partial charge on any atom is -0.378 e. The lowest BCUT2D eigenvalue weighted by atomic mass is 10.1. The number of piperidine rings is 1. The molecule has 3 rings (SSSR count). The minimum absolute atomic E-state index is 0.123. The zero-order valence-corrected chi connectivity index (χ0v) is 13.1. The number of ether oxygens (including phenoxy) is 1. The molecule has 120 valence electrons. The molecule has 2 N–H and O–H groups in total. The highest BCUT2D eigenvalue weighted by Gasteiger charge is 2.19. The third-order valence-corrected chi connectivity index (χ3v) is 4.50. The summed E-state index contributed by atoms with van der Waals surface area (Å²) in [6, 6.07) is 8.08. The number of hydrogen-bond donors (Lipinski definition) is 2. The summed E-state index contributed by atoms with van der Waals surface area (Å²) in [5, 5.41) is 3.11. The summed E-state index contributed by atoms with van der Waals surface area (Å²) in [6.45, 7) is 6.09. The largest absolute Gasteiger partial charge is 0.378 e. The lowest BCUT2D eigenvalue weighted by Gasteiger charge is -2.30. The van der Waals surface area contributed by atoms with Gasteiger partial charge in [-0.05, 0) is 31.4 Å². The lowest BCUT2D eigenvalue weighted by molar-refractivity contribution is -0.896. The number of amides is 1. The molecule has 2 aliphatic heterocycles. The number of carbonyl (C=O) groups is 1. The first-order chi connectivity index (χ1) is 10.8. The van der Waals surface area contributed by atoms with Crippen LogP contribution in [-0.2, 0) is 9.53 Å². The smallest absolute Gasteiger partial charge is 0.279 e. The highest BCUT2D eigenvalue weighted by Crippen LogP contribution is 2.26. The van der Waals surface area contributed by atoms with Gasteiger partial charge in [-0.25, -0.2) is 0 Å². The SMILES string of the molecule is O=C(C[NH+]1CCCCC1)Nc1ccccc1N1CCOCC1. The fourth-order valence-corrected chi connectivity index (χ4v) is 3.31. The molecule has 0 atom stereocenters. The molecule has 0 radical (unpaired) electrons. The number of morpholine rings is 1. The van der Waals surface area contributed by atoms with Gasteiger partial charge in [0.2, 0.25) is 0 Å². The first-order valence-electron chi connectivity index (χ1n) is 8.38. The van der Waals surface area contributed by atoms with Crippen molar-refractivity contribution in [2.24, 2.45) is 0 Å². The maximum atomic E-state index is 12.3. The standard InChI is InChI=1S/C17H25N3O2/c21-17(14-19-8-4-1-5-9-19)18-15-6-2-3-7-16(15)20-10-12-22-13-11-20/h2-3,6-7H,1,4-5,8-14H2,(H,18,21)/p+1. The molecule has 5 nitrogen and oxygen atoms in total. The van der Waals surface area contributed by atoms with E-state index in [0.717, 1.165) is 50.8 Å². The fraction of sp³-hybridized carbons (Fsp3) is 0.588. The summed E-state index contributed by atoms with van der Waals surface area (Å²) in [5.74, 6) is 0.123. The highest BCUT2D eigenvalue weighted by atomic mass is 16.5. The summed E-state index contributed by atoms with van der Waals surface area (Å²) in [6.07, 6.45) is 3.80. The van der Waals surface area contributed by atoms with Crippen molar-refractivity contribution in [1.29, 1.82) is 0 Å². The molecular weight excluding hydrogens is 278 g/mol. The molecule has 2 heterocycles. The number of para-hydroxylation sites is 2. The van der Waals surface area contributed by atoms with Crippen LogP contribution in [-0.4, -0.2) is 51.8 Å². The van der Waals surface area contributed by atoms with Gasteiger partial charge in [0.25, 0.3) is 5.91 Å². The van der Waals surface area contributed by atoms with Crippen LogP contribution in [0.5, 0.6) is 0 Å². The average Bonchev–Trinajstić information content (AvgIpc) is 2.57. The number of benzene rings is 1. The van der Waals surface area contributed by atoms with E-state index in [0.29, 0.717) is 6.54 Å². The van der Waals surface area contributed by atoms with E-state index >= 15 is 0 Å². The predicted molar refractivity (Wildman–Crippen MR) is 87.5 cm³/mol. The van der Waals surface area contributed by atoms with Crippen molar-refractivity contribution in [2.75, 3.05) is 56.2 Å². The molecule has 0 aliphatic carbocycles. The van der Waals surface area contributed by atoms with Crippen molar-refractivity contribution in [2.45, 2.75) is 19.3 Å². The van der Waals surface area contributed by atoms with Crippen LogP contribution in [0.4, 0.5) is 11.4 Å². The zero-order valence-electron chi connectivity index (χ0n) is 13.1. The molecule has 0 spiro atoms. The predicted octanol–water partition coefficient (Wildman–Crippen LogP) is 0.531. The van der Waals surface area contributed by atoms with Gasteiger partial charge in [-0.1, -0.05) is 12.1 Å². The van der Waals surface area contributed by atoms with Gasteiger partial charge in [0.1, 0.15) is 0 Å². The molecule has 2 fully saturated rings. The molecule has 22 heavy (non-hydrogen) atoms. The van der Waals surface area contributed by atoms with E-state index in [1.54, 1.807) is 0 Å². The normalized spacial score (nSPS) is 19.9. The molecule has 1 aromatic rings. The van der Waals surface area contributed by atoms with Crippen molar-refractivity contribution in [3.8, 4) is 0 Å². The Morgan fingerprint density at radius 2 is 1.86 bits per heavy atom. The second kappa shape index (κ2) is 7.61. The van der Waals surface area contributed by atoms with Crippen LogP contribution < -0.4 is 15.1 Å². The van der Waals surface area contributed by atoms with Crippen molar-refractivity contribution in [3.05, 3.63) is 24.3 Å². The van der Waals surface area contributed by atoms with Crippen LogP contribution in [0.1, 0.15) is 19.3 Å². The van der Waals surface area contributed by atoms with Crippen molar-refractivity contribution < 1.29 is 14.4 Å². The lowest BCUT2D eigenvalue weighted by Crippen LogP contribution is -3.13. The first kappa shape index (κ1) is 15.3. The maximum absolute atomic E-state index is 12.3. The van der Waals surface area contributed by atoms with E-state index in [1.807, 2.05) is 18.2 Å². The first-order valence-corrected chi connectivity index (χ1v) is 8.38. The second-order valence-corrected chi connectivity index (χ2v) is 6.15. The van der Waals surface area contributed by atoms with Crippen LogP contribution in [0.15, 0.2) is 24.3 Å². The van der Waals surface area contributed by atoms with Crippen LogP contribution >= 0.6 is 0 Å². The summed E-state index contributed by atoms with van der Waals surface area (Å²) in [7, 11) is 0. The molecular formula is C17H26N3O2+. The topological polar surface area (TPSA) is 46.0 Å². The van der Waals surface area contributed by atoms with E-state index in [-0.39, 0.29) is 5.91 Å². The zero-order chi connectivity index (χ0) is 15.2. The molecule has 0 saturated carbocycles. The van der Waals surface area contributed by atoms with Gasteiger partial charge in [0, 0.05) is 13.1 Å². The molecule has 0 unspecified atom stereocenters. The molecule has 0 aromatic heterocycles. The summed E-state index contributed by atoms with van der Waals surface area (Å²) >= 11 is 0. The van der Waals surface area contributed by atoms with Crippen molar-refractivity contribution >= 4 is 17.3 Å². The van der Waals surface area contributed by atoms with E-state index in [4.69, 9.17) is 4.74 Å². The minimum atomic E-state index is 0.123. The number of nitrogens with zero attached hydrogens (tertiary/aromatic N) is 1. The Labute approximate surface area is 132 Å². The van der Waals surface area contributed by atoms with E-state index < -0.39 is 0 Å². The van der Waals surface area contributed by atoms with Crippen LogP contribution in [0.3, 0.4) is 0 Å². The number of rotatable bonds is 4. The Morgan fingerprint density at radius 1 is 1.14 bits per heavy atom. The summed E-state index contributed by atoms with van der Waals surface area (Å²) < 4.78 is 5.41. The Hall–Kier alpha value is -1.59. The average molecular weight is 304 g/mol. The number of nitrogens with one attached hydrogen (secondary N) is 2. The monoisotopic (exact) mass is 304 g/mol. The third kappa shape index (κ3) is 3.99. The van der Waals surface area contributed by atoms with E-state index in [2.05, 4.69) is 16.3 Å². The van der Waals surface area contributed by atoms with Gasteiger partial charge < -0.3 is 19.9 Å². The van der Waals surface area contributed by atoms with Crippen LogP contribution in [0.2, 0.25) is 0 Å². The Bertz CT molecular complexity index is 494. The van der Waals surface area contributed by atoms with Gasteiger partial charge in [-0.15, -0.1) is 0 Å². The number of likely N-dealkylation sites (tertiary alicyclic amines) is 1. The molecule has 1 amide bonds. The molecule has 2 saturated heterocycles. The Morgan fingerprint density at radius 3 is 2.64 bits per heavy atom. The van der Waals surface area contributed by atoms with Gasteiger partial charge in [0.05, 0.1) is 37.7 Å². The molecule has 2 aliphatic rings. The summed E-state index contributed by atoms with van der Waals surface area (Å²) in [5.41, 5.74) is 2.03.